The van der Waals surface area contributed by atoms with Crippen LogP contribution in [0, 0.1) is 0 Å². The summed E-state index contributed by atoms with van der Waals surface area (Å²) in [6.45, 7) is 20.5. The second-order valence-electron chi connectivity index (χ2n) is 12.5. The number of ether oxygens (including phenoxy) is 1. The Morgan fingerprint density at radius 2 is 1.54 bits per heavy atom. The Hall–Kier alpha value is -0.949. The summed E-state index contributed by atoms with van der Waals surface area (Å²) < 4.78 is 25.2. The van der Waals surface area contributed by atoms with E-state index in [0.29, 0.717) is 0 Å². The Kier molecular flexibility index (Phi) is 8.14. The SMILES string of the molecule is CC(C)(C)[Si](C)(C)O[C@@]1(O)[C@@H](C(O)O[Si](C)(C)C)O[C@@H](n2ccc(=O)[nH]c2=O)[C@@]1(O)O[Si](C)(C)C. The lowest BCUT2D eigenvalue weighted by atomic mass is 10.0. The topological polar surface area (TPSA) is 152 Å². The van der Waals surface area contributed by atoms with E-state index in [-0.39, 0.29) is 0 Å². The minimum absolute atomic E-state index is 0.412. The first kappa shape index (κ1) is 30.3. The number of aromatic nitrogens is 2. The maximum absolute atomic E-state index is 12.7. The minimum atomic E-state index is -2.86. The zero-order chi connectivity index (χ0) is 27.4. The Morgan fingerprint density at radius 1 is 1.00 bits per heavy atom. The van der Waals surface area contributed by atoms with Crippen LogP contribution in [0.3, 0.4) is 0 Å². The van der Waals surface area contributed by atoms with Crippen molar-refractivity contribution in [2.45, 2.75) is 108 Å². The molecular formula is C21H42N2O9Si3. The molecule has 4 N–H and O–H groups in total. The molecule has 0 spiro atoms. The van der Waals surface area contributed by atoms with E-state index in [1.165, 1.54) is 0 Å². The summed E-state index contributed by atoms with van der Waals surface area (Å²) in [7, 11) is -7.91. The average Bonchev–Trinajstić information content (AvgIpc) is 2.78. The summed E-state index contributed by atoms with van der Waals surface area (Å²) in [5.74, 6) is -5.26. The highest BCUT2D eigenvalue weighted by Gasteiger charge is 2.74. The Balaban J connectivity index is 2.82. The van der Waals surface area contributed by atoms with Crippen molar-refractivity contribution in [3.05, 3.63) is 33.1 Å². The molecule has 14 heteroatoms. The number of nitrogens with one attached hydrogen (secondary N) is 1. The molecule has 2 rings (SSSR count). The van der Waals surface area contributed by atoms with Gasteiger partial charge in [0.25, 0.3) is 11.3 Å². The maximum Gasteiger partial charge on any atom is 0.330 e. The standard InChI is InChI=1S/C21H42N2O9Si3/c1-19(2,3)35(10,11)32-20(27)15(16(25)30-33(4,5)6)29-17(21(20,28)31-34(7,8)9)23-13-12-14(24)22-18(23)26/h12-13,15-17,25,27-28H,1-11H3,(H,22,24,26)/t15-,16?,17-,20+,21-/m1/s1. The normalized spacial score (nSPS) is 29.4. The minimum Gasteiger partial charge on any atom is -0.391 e. The van der Waals surface area contributed by atoms with E-state index in [0.717, 1.165) is 16.8 Å². The second-order valence-corrected chi connectivity index (χ2v) is 26.1. The quantitative estimate of drug-likeness (QED) is 0.281. The van der Waals surface area contributed by atoms with Gasteiger partial charge in [0.15, 0.2) is 43.6 Å². The Morgan fingerprint density at radius 3 is 1.97 bits per heavy atom. The van der Waals surface area contributed by atoms with Gasteiger partial charge < -0.3 is 33.3 Å². The molecule has 1 aromatic rings. The van der Waals surface area contributed by atoms with E-state index in [2.05, 4.69) is 4.98 Å². The molecule has 5 atom stereocenters. The van der Waals surface area contributed by atoms with Crippen LogP contribution in [0.4, 0.5) is 0 Å². The maximum atomic E-state index is 12.7. The Labute approximate surface area is 209 Å². The largest absolute Gasteiger partial charge is 0.391 e. The van der Waals surface area contributed by atoms with E-state index in [4.69, 9.17) is 18.0 Å². The molecule has 1 saturated heterocycles. The van der Waals surface area contributed by atoms with E-state index < -0.39 is 71.4 Å². The summed E-state index contributed by atoms with van der Waals surface area (Å²) in [5, 5.41) is 35.0. The third-order valence-corrected chi connectivity index (χ3v) is 12.3. The molecule has 2 heterocycles. The van der Waals surface area contributed by atoms with E-state index in [1.807, 2.05) is 53.5 Å². The highest BCUT2D eigenvalue weighted by Crippen LogP contribution is 2.52. The van der Waals surface area contributed by atoms with Crippen LogP contribution in [0.15, 0.2) is 21.9 Å². The molecule has 0 saturated carbocycles. The van der Waals surface area contributed by atoms with Crippen molar-refractivity contribution in [1.29, 1.82) is 0 Å². The summed E-state index contributed by atoms with van der Waals surface area (Å²) in [4.78, 5) is 26.5. The summed E-state index contributed by atoms with van der Waals surface area (Å²) in [6.07, 6.45) is -3.89. The number of hydrogen-bond acceptors (Lipinski definition) is 9. The zero-order valence-corrected chi connectivity index (χ0v) is 25.6. The number of aliphatic hydroxyl groups excluding tert-OH is 1. The van der Waals surface area contributed by atoms with Gasteiger partial charge in [-0.2, -0.15) is 0 Å². The number of hydrogen-bond donors (Lipinski definition) is 4. The van der Waals surface area contributed by atoms with Crippen LogP contribution in [0.25, 0.3) is 0 Å². The van der Waals surface area contributed by atoms with Gasteiger partial charge in [0.2, 0.25) is 5.79 Å². The lowest BCUT2D eigenvalue weighted by Gasteiger charge is -2.49. The number of aliphatic hydroxyl groups is 3. The molecule has 0 bridgehead atoms. The van der Waals surface area contributed by atoms with Crippen LogP contribution < -0.4 is 11.2 Å². The fraction of sp³-hybridized carbons (Fsp3) is 0.810. The highest BCUT2D eigenvalue weighted by atomic mass is 28.4. The van der Waals surface area contributed by atoms with Gasteiger partial charge in [-0.25, -0.2) is 4.79 Å². The molecule has 0 amide bonds. The summed E-state index contributed by atoms with van der Waals surface area (Å²) in [6, 6.07) is 1.08. The molecule has 1 aliphatic heterocycles. The number of rotatable bonds is 8. The van der Waals surface area contributed by atoms with Gasteiger partial charge in [-0.15, -0.1) is 0 Å². The predicted molar refractivity (Wildman–Crippen MR) is 138 cm³/mol. The zero-order valence-electron chi connectivity index (χ0n) is 22.6. The number of nitrogens with zero attached hydrogens (tertiary/aromatic N) is 1. The molecule has 0 aromatic carbocycles. The van der Waals surface area contributed by atoms with Crippen LogP contribution in [-0.2, 0) is 18.0 Å². The summed E-state index contributed by atoms with van der Waals surface area (Å²) >= 11 is 0. The van der Waals surface area contributed by atoms with Crippen LogP contribution in [0.2, 0.25) is 57.4 Å². The number of aromatic amines is 1. The van der Waals surface area contributed by atoms with Crippen LogP contribution in [-0.4, -0.2) is 73.8 Å². The first-order chi connectivity index (χ1) is 15.4. The molecule has 202 valence electrons. The van der Waals surface area contributed by atoms with Crippen molar-refractivity contribution in [1.82, 2.24) is 9.55 Å². The lowest BCUT2D eigenvalue weighted by molar-refractivity contribution is -0.346. The van der Waals surface area contributed by atoms with Crippen molar-refractivity contribution < 1.29 is 33.3 Å². The van der Waals surface area contributed by atoms with Crippen LogP contribution in [0.1, 0.15) is 27.0 Å². The molecule has 1 aromatic heterocycles. The molecule has 1 aliphatic rings. The summed E-state index contributed by atoms with van der Waals surface area (Å²) in [5.41, 5.74) is -1.54. The third kappa shape index (κ3) is 6.31. The first-order valence-corrected chi connectivity index (χ1v) is 21.3. The first-order valence-electron chi connectivity index (χ1n) is 11.6. The van der Waals surface area contributed by atoms with Gasteiger partial charge in [-0.05, 0) is 57.4 Å². The molecule has 1 unspecified atom stereocenters. The fourth-order valence-electron chi connectivity index (χ4n) is 3.52. The second kappa shape index (κ2) is 9.41. The molecule has 1 fully saturated rings. The smallest absolute Gasteiger partial charge is 0.330 e. The van der Waals surface area contributed by atoms with Crippen molar-refractivity contribution in [2.75, 3.05) is 0 Å². The lowest BCUT2D eigenvalue weighted by Crippen LogP contribution is -2.69. The number of H-pyrrole nitrogens is 1. The van der Waals surface area contributed by atoms with Gasteiger partial charge >= 0.3 is 5.69 Å². The van der Waals surface area contributed by atoms with Crippen LogP contribution in [0.5, 0.6) is 0 Å². The molecular weight excluding hydrogens is 508 g/mol. The van der Waals surface area contributed by atoms with Crippen molar-refractivity contribution >= 4 is 25.0 Å². The molecule has 35 heavy (non-hydrogen) atoms. The van der Waals surface area contributed by atoms with Gasteiger partial charge in [-0.1, -0.05) is 20.8 Å². The fourth-order valence-corrected chi connectivity index (χ4v) is 6.89. The third-order valence-electron chi connectivity index (χ3n) is 6.02. The molecule has 0 aliphatic carbocycles. The van der Waals surface area contributed by atoms with Gasteiger partial charge in [0.05, 0.1) is 0 Å². The molecule has 11 nitrogen and oxygen atoms in total. The van der Waals surface area contributed by atoms with E-state index in [9.17, 15) is 24.9 Å². The van der Waals surface area contributed by atoms with E-state index >= 15 is 0 Å². The van der Waals surface area contributed by atoms with Gasteiger partial charge in [0, 0.05) is 12.3 Å². The average molecular weight is 551 g/mol. The van der Waals surface area contributed by atoms with Gasteiger partial charge in [0.1, 0.15) is 0 Å². The predicted octanol–water partition coefficient (Wildman–Crippen LogP) is 1.85. The van der Waals surface area contributed by atoms with Gasteiger partial charge in [-0.3, -0.25) is 14.3 Å². The van der Waals surface area contributed by atoms with E-state index in [1.54, 1.807) is 19.6 Å². The van der Waals surface area contributed by atoms with Crippen molar-refractivity contribution in [3.8, 4) is 0 Å². The van der Waals surface area contributed by atoms with Crippen LogP contribution >= 0.6 is 0 Å². The molecule has 0 radical (unpaired) electrons. The van der Waals surface area contributed by atoms with Crippen molar-refractivity contribution in [2.24, 2.45) is 0 Å². The Bertz CT molecular complexity index is 1020. The highest BCUT2D eigenvalue weighted by molar-refractivity contribution is 6.74. The monoisotopic (exact) mass is 550 g/mol. The van der Waals surface area contributed by atoms with Crippen molar-refractivity contribution in [3.63, 3.8) is 0 Å².